The van der Waals surface area contributed by atoms with Crippen molar-refractivity contribution in [3.8, 4) is 0 Å². The maximum atomic E-state index is 5.16. The molecule has 0 saturated carbocycles. The average molecular weight is 280 g/mol. The van der Waals surface area contributed by atoms with E-state index in [9.17, 15) is 0 Å². The quantitative estimate of drug-likeness (QED) is 0.774. The van der Waals surface area contributed by atoms with Crippen LogP contribution in [0.25, 0.3) is 0 Å². The van der Waals surface area contributed by atoms with Gasteiger partial charge in [0.15, 0.2) is 0 Å². The first-order chi connectivity index (χ1) is 9.76. The number of hydrogen-bond donors (Lipinski definition) is 1. The molecule has 1 aromatic rings. The van der Waals surface area contributed by atoms with E-state index in [0.717, 1.165) is 50.8 Å². The Bertz CT molecular complexity index is 399. The number of anilines is 1. The van der Waals surface area contributed by atoms with Gasteiger partial charge < -0.3 is 19.5 Å². The Morgan fingerprint density at radius 1 is 1.55 bits per heavy atom. The second-order valence-electron chi connectivity index (χ2n) is 5.51. The first-order valence-electron chi connectivity index (χ1n) is 7.76. The molecule has 1 saturated heterocycles. The number of piperidine rings is 1. The van der Waals surface area contributed by atoms with Crippen molar-refractivity contribution in [3.63, 3.8) is 0 Å². The molecule has 1 unspecified atom stereocenters. The van der Waals surface area contributed by atoms with Crippen LogP contribution >= 0.6 is 0 Å². The Morgan fingerprint density at radius 3 is 3.05 bits per heavy atom. The minimum Gasteiger partial charge on any atom is -0.385 e. The van der Waals surface area contributed by atoms with Gasteiger partial charge in [-0.1, -0.05) is 0 Å². The van der Waals surface area contributed by atoms with Crippen molar-refractivity contribution in [2.45, 2.75) is 45.7 Å². The van der Waals surface area contributed by atoms with E-state index in [4.69, 9.17) is 9.72 Å². The van der Waals surface area contributed by atoms with Crippen molar-refractivity contribution in [1.29, 1.82) is 0 Å². The van der Waals surface area contributed by atoms with Gasteiger partial charge >= 0.3 is 0 Å². The number of rotatable bonds is 7. The summed E-state index contributed by atoms with van der Waals surface area (Å²) < 4.78 is 7.44. The molecule has 1 fully saturated rings. The molecule has 1 aliphatic heterocycles. The van der Waals surface area contributed by atoms with E-state index in [0.29, 0.717) is 6.04 Å². The van der Waals surface area contributed by atoms with E-state index in [2.05, 4.69) is 34.8 Å². The van der Waals surface area contributed by atoms with Crippen LogP contribution in [0.1, 0.15) is 31.9 Å². The molecule has 1 aliphatic rings. The molecule has 114 valence electrons. The van der Waals surface area contributed by atoms with E-state index < -0.39 is 0 Å². The number of ether oxygens (including phenoxy) is 1. The van der Waals surface area contributed by atoms with Gasteiger partial charge in [0.25, 0.3) is 0 Å². The van der Waals surface area contributed by atoms with E-state index in [1.165, 1.54) is 12.8 Å². The molecule has 2 heterocycles. The summed E-state index contributed by atoms with van der Waals surface area (Å²) in [5.74, 6) is 1.12. The van der Waals surface area contributed by atoms with Crippen LogP contribution in [0.3, 0.4) is 0 Å². The van der Waals surface area contributed by atoms with Gasteiger partial charge in [0.2, 0.25) is 5.95 Å². The molecule has 1 N–H and O–H groups in total. The van der Waals surface area contributed by atoms with Gasteiger partial charge in [0, 0.05) is 45.6 Å². The number of methoxy groups -OCH3 is 1. The third-order valence-corrected chi connectivity index (χ3v) is 3.93. The van der Waals surface area contributed by atoms with E-state index in [-0.39, 0.29) is 0 Å². The van der Waals surface area contributed by atoms with Crippen LogP contribution in [-0.4, -0.2) is 48.9 Å². The lowest BCUT2D eigenvalue weighted by Crippen LogP contribution is -2.47. The summed E-state index contributed by atoms with van der Waals surface area (Å²) in [5.41, 5.74) is 1.10. The Hall–Kier alpha value is -1.07. The zero-order valence-electron chi connectivity index (χ0n) is 13.1. The normalized spacial score (nSPS) is 19.2. The molecule has 0 radical (unpaired) electrons. The average Bonchev–Trinajstić information content (AvgIpc) is 2.82. The van der Waals surface area contributed by atoms with E-state index in [1.54, 1.807) is 7.11 Å². The fraction of sp³-hybridized carbons (Fsp3) is 0.800. The number of nitrogens with one attached hydrogen (secondary N) is 1. The van der Waals surface area contributed by atoms with Crippen LogP contribution in [-0.2, 0) is 11.3 Å². The topological polar surface area (TPSA) is 42.3 Å². The number of imidazole rings is 1. The summed E-state index contributed by atoms with van der Waals surface area (Å²) in [6.45, 7) is 9.29. The Labute approximate surface area is 122 Å². The van der Waals surface area contributed by atoms with Crippen LogP contribution in [0.2, 0.25) is 0 Å². The maximum absolute atomic E-state index is 5.16. The molecular weight excluding hydrogens is 252 g/mol. The van der Waals surface area contributed by atoms with Crippen molar-refractivity contribution in [2.24, 2.45) is 0 Å². The van der Waals surface area contributed by atoms with Gasteiger partial charge in [-0.3, -0.25) is 0 Å². The summed E-state index contributed by atoms with van der Waals surface area (Å²) in [6.07, 6.45) is 5.69. The second-order valence-corrected chi connectivity index (χ2v) is 5.51. The number of likely N-dealkylation sites (N-methyl/N-ethyl adjacent to an activating group) is 1. The van der Waals surface area contributed by atoms with Crippen molar-refractivity contribution in [2.75, 3.05) is 38.3 Å². The Balaban J connectivity index is 2.11. The standard InChI is InChI=1S/C15H28N4O/c1-4-19(14-7-5-8-16-11-14)15-17-13(2)12-18(15)9-6-10-20-3/h12,14,16H,4-11H2,1-3H3. The number of nitrogens with zero attached hydrogens (tertiary/aromatic N) is 3. The molecule has 5 nitrogen and oxygen atoms in total. The molecule has 0 bridgehead atoms. The lowest BCUT2D eigenvalue weighted by Gasteiger charge is -2.35. The van der Waals surface area contributed by atoms with Crippen molar-refractivity contribution < 1.29 is 4.74 Å². The van der Waals surface area contributed by atoms with Crippen LogP contribution in [0.4, 0.5) is 5.95 Å². The smallest absolute Gasteiger partial charge is 0.205 e. The molecule has 2 rings (SSSR count). The Morgan fingerprint density at radius 2 is 2.40 bits per heavy atom. The molecule has 0 amide bonds. The lowest BCUT2D eigenvalue weighted by molar-refractivity contribution is 0.190. The highest BCUT2D eigenvalue weighted by Gasteiger charge is 2.23. The summed E-state index contributed by atoms with van der Waals surface area (Å²) in [6, 6.07) is 0.566. The molecule has 0 aliphatic carbocycles. The fourth-order valence-corrected chi connectivity index (χ4v) is 2.97. The van der Waals surface area contributed by atoms with Crippen molar-refractivity contribution in [3.05, 3.63) is 11.9 Å². The predicted molar refractivity (Wildman–Crippen MR) is 82.4 cm³/mol. The second kappa shape index (κ2) is 7.64. The van der Waals surface area contributed by atoms with Gasteiger partial charge in [-0.05, 0) is 39.7 Å². The van der Waals surface area contributed by atoms with Crippen LogP contribution in [0.15, 0.2) is 6.20 Å². The first kappa shape index (κ1) is 15.3. The SMILES string of the molecule is CCN(c1nc(C)cn1CCCOC)C1CCCNC1. The Kier molecular flexibility index (Phi) is 5.86. The van der Waals surface area contributed by atoms with Crippen molar-refractivity contribution >= 4 is 5.95 Å². The van der Waals surface area contributed by atoms with Crippen molar-refractivity contribution in [1.82, 2.24) is 14.9 Å². The molecule has 1 aromatic heterocycles. The molecule has 0 aromatic carbocycles. The highest BCUT2D eigenvalue weighted by Crippen LogP contribution is 2.20. The molecule has 0 spiro atoms. The largest absolute Gasteiger partial charge is 0.385 e. The van der Waals surface area contributed by atoms with Gasteiger partial charge in [-0.25, -0.2) is 4.98 Å². The zero-order valence-corrected chi connectivity index (χ0v) is 13.1. The van der Waals surface area contributed by atoms with Crippen LogP contribution in [0, 0.1) is 6.92 Å². The van der Waals surface area contributed by atoms with E-state index >= 15 is 0 Å². The van der Waals surface area contributed by atoms with Gasteiger partial charge in [-0.2, -0.15) is 0 Å². The highest BCUT2D eigenvalue weighted by molar-refractivity contribution is 5.35. The molecular formula is C15H28N4O. The third-order valence-electron chi connectivity index (χ3n) is 3.93. The number of aromatic nitrogens is 2. The number of hydrogen-bond acceptors (Lipinski definition) is 4. The summed E-state index contributed by atoms with van der Waals surface area (Å²) in [4.78, 5) is 7.21. The van der Waals surface area contributed by atoms with Gasteiger partial charge in [0.05, 0.1) is 5.69 Å². The van der Waals surface area contributed by atoms with Crippen LogP contribution in [0.5, 0.6) is 0 Å². The number of aryl methyl sites for hydroxylation is 2. The summed E-state index contributed by atoms with van der Waals surface area (Å²) >= 11 is 0. The molecule has 5 heteroatoms. The highest BCUT2D eigenvalue weighted by atomic mass is 16.5. The third kappa shape index (κ3) is 3.73. The molecule has 20 heavy (non-hydrogen) atoms. The summed E-state index contributed by atoms with van der Waals surface area (Å²) in [7, 11) is 1.76. The maximum Gasteiger partial charge on any atom is 0.205 e. The molecule has 1 atom stereocenters. The lowest BCUT2D eigenvalue weighted by atomic mass is 10.1. The fourth-order valence-electron chi connectivity index (χ4n) is 2.97. The summed E-state index contributed by atoms with van der Waals surface area (Å²) in [5, 5.41) is 3.50. The monoisotopic (exact) mass is 280 g/mol. The van der Waals surface area contributed by atoms with Gasteiger partial charge in [0.1, 0.15) is 0 Å². The predicted octanol–water partition coefficient (Wildman–Crippen LogP) is 1.81. The van der Waals surface area contributed by atoms with Crippen LogP contribution < -0.4 is 10.2 Å². The first-order valence-corrected chi connectivity index (χ1v) is 7.76. The van der Waals surface area contributed by atoms with Gasteiger partial charge in [-0.15, -0.1) is 0 Å². The van der Waals surface area contributed by atoms with E-state index in [1.807, 2.05) is 0 Å². The minimum atomic E-state index is 0.566. The zero-order chi connectivity index (χ0) is 14.4. The minimum absolute atomic E-state index is 0.566.